The van der Waals surface area contributed by atoms with E-state index in [1.54, 1.807) is 24.1 Å². The molecule has 1 fully saturated rings. The molecule has 8 nitrogen and oxygen atoms in total. The van der Waals surface area contributed by atoms with Gasteiger partial charge in [-0.25, -0.2) is 0 Å². The first-order valence-corrected chi connectivity index (χ1v) is 14.4. The lowest BCUT2D eigenvalue weighted by Gasteiger charge is -2.32. The summed E-state index contributed by atoms with van der Waals surface area (Å²) in [6.45, 7) is 4.66. The van der Waals surface area contributed by atoms with Crippen LogP contribution in [0.4, 0.5) is 0 Å². The Labute approximate surface area is 247 Å². The summed E-state index contributed by atoms with van der Waals surface area (Å²) in [5, 5.41) is 0.897. The topological polar surface area (TPSA) is 77.5 Å². The van der Waals surface area contributed by atoms with E-state index in [0.717, 1.165) is 24.1 Å². The highest BCUT2D eigenvalue weighted by Gasteiger charge is 2.30. The van der Waals surface area contributed by atoms with Gasteiger partial charge in [-0.05, 0) is 36.1 Å². The summed E-state index contributed by atoms with van der Waals surface area (Å²) in [6, 6.07) is 15.1. The van der Waals surface area contributed by atoms with E-state index in [-0.39, 0.29) is 30.4 Å². The molecule has 3 rings (SSSR count). The number of hydrogen-bond donors (Lipinski definition) is 0. The number of ether oxygens (including phenoxy) is 4. The Morgan fingerprint density at radius 2 is 1.73 bits per heavy atom. The summed E-state index contributed by atoms with van der Waals surface area (Å²) in [5.74, 6) is -0.224. The normalized spacial score (nSPS) is 16.1. The van der Waals surface area contributed by atoms with E-state index in [4.69, 9.17) is 42.1 Å². The predicted octanol–water partition coefficient (Wildman–Crippen LogP) is 4.81. The zero-order valence-electron chi connectivity index (χ0n) is 23.4. The van der Waals surface area contributed by atoms with Crippen molar-refractivity contribution in [2.45, 2.75) is 37.8 Å². The van der Waals surface area contributed by atoms with Crippen molar-refractivity contribution in [1.82, 2.24) is 9.80 Å². The summed E-state index contributed by atoms with van der Waals surface area (Å²) < 4.78 is 21.5. The fourth-order valence-electron chi connectivity index (χ4n) is 4.58. The molecule has 2 aromatic carbocycles. The standard InChI is InChI=1S/C30H40Cl2N2O6/c1-33(29(35)20-23-10-11-26(31)27(32)19-23)28(24-7-4-3-5-8-24)22-34-13-12-25(21-34)40-30(36)9-6-14-38-17-18-39-16-15-37-2/h3-5,7-8,10-11,19,25,28H,6,9,12-18,20-22H2,1-2H3/t25-,28+/m0/s1. The van der Waals surface area contributed by atoms with Crippen molar-refractivity contribution in [2.75, 3.05) is 66.8 Å². The second kappa shape index (κ2) is 17.6. The number of carbonyl (C=O) groups is 2. The second-order valence-electron chi connectivity index (χ2n) is 9.84. The number of rotatable bonds is 17. The quantitative estimate of drug-likeness (QED) is 0.192. The number of esters is 1. The Morgan fingerprint density at radius 1 is 1.00 bits per heavy atom. The molecule has 1 saturated heterocycles. The monoisotopic (exact) mass is 594 g/mol. The first-order chi connectivity index (χ1) is 19.4. The van der Waals surface area contributed by atoms with Gasteiger partial charge in [0.1, 0.15) is 6.10 Å². The summed E-state index contributed by atoms with van der Waals surface area (Å²) in [6.07, 6.45) is 1.76. The van der Waals surface area contributed by atoms with Gasteiger partial charge in [0.2, 0.25) is 5.91 Å². The lowest BCUT2D eigenvalue weighted by molar-refractivity contribution is -0.148. The first kappa shape index (κ1) is 32.3. The number of likely N-dealkylation sites (N-methyl/N-ethyl adjacent to an activating group) is 1. The number of carbonyl (C=O) groups excluding carboxylic acids is 2. The Kier molecular flexibility index (Phi) is 14.2. The fraction of sp³-hybridized carbons (Fsp3) is 0.533. The van der Waals surface area contributed by atoms with Crippen LogP contribution in [0.2, 0.25) is 10.0 Å². The summed E-state index contributed by atoms with van der Waals surface area (Å²) in [7, 11) is 3.46. The number of halogens is 2. The maximum absolute atomic E-state index is 13.3. The molecule has 0 spiro atoms. The van der Waals surface area contributed by atoms with Gasteiger partial charge < -0.3 is 23.8 Å². The van der Waals surface area contributed by atoms with Crippen molar-refractivity contribution >= 4 is 35.1 Å². The van der Waals surface area contributed by atoms with Gasteiger partial charge in [0.15, 0.2) is 0 Å². The van der Waals surface area contributed by atoms with Crippen LogP contribution in [0.25, 0.3) is 0 Å². The minimum absolute atomic E-state index is 0.0156. The summed E-state index contributed by atoms with van der Waals surface area (Å²) in [4.78, 5) is 29.7. The van der Waals surface area contributed by atoms with E-state index in [2.05, 4.69) is 4.90 Å². The van der Waals surface area contributed by atoms with Gasteiger partial charge in [-0.15, -0.1) is 0 Å². The molecule has 0 saturated carbocycles. The first-order valence-electron chi connectivity index (χ1n) is 13.7. The summed E-state index contributed by atoms with van der Waals surface area (Å²) >= 11 is 12.2. The molecular formula is C30H40Cl2N2O6. The highest BCUT2D eigenvalue weighted by molar-refractivity contribution is 6.42. The molecule has 0 aliphatic carbocycles. The molecule has 2 atom stereocenters. The molecule has 0 radical (unpaired) electrons. The Balaban J connectivity index is 1.45. The van der Waals surface area contributed by atoms with Gasteiger partial charge in [-0.1, -0.05) is 59.6 Å². The molecule has 10 heteroatoms. The number of amides is 1. The molecule has 2 aromatic rings. The van der Waals surface area contributed by atoms with Gasteiger partial charge in [0.25, 0.3) is 0 Å². The Bertz CT molecular complexity index is 1060. The van der Waals surface area contributed by atoms with Gasteiger partial charge in [0, 0.05) is 46.8 Å². The molecular weight excluding hydrogens is 555 g/mol. The van der Waals surface area contributed by atoms with Crippen LogP contribution in [0.1, 0.15) is 36.4 Å². The van der Waals surface area contributed by atoms with Gasteiger partial charge in [-0.3, -0.25) is 14.5 Å². The SMILES string of the molecule is COCCOCCOCCCC(=O)O[C@H]1CCN(C[C@H](c2ccccc2)N(C)C(=O)Cc2ccc(Cl)c(Cl)c2)C1. The summed E-state index contributed by atoms with van der Waals surface area (Å²) in [5.41, 5.74) is 1.86. The van der Waals surface area contributed by atoms with E-state index < -0.39 is 0 Å². The predicted molar refractivity (Wildman–Crippen MR) is 156 cm³/mol. The van der Waals surface area contributed by atoms with Crippen LogP contribution in [0.15, 0.2) is 48.5 Å². The number of methoxy groups -OCH3 is 1. The maximum Gasteiger partial charge on any atom is 0.306 e. The average molecular weight is 596 g/mol. The molecule has 1 aliphatic heterocycles. The van der Waals surface area contributed by atoms with Crippen molar-refractivity contribution in [3.8, 4) is 0 Å². The molecule has 1 aliphatic rings. The zero-order valence-corrected chi connectivity index (χ0v) is 24.9. The van der Waals surface area contributed by atoms with Crippen LogP contribution >= 0.6 is 23.2 Å². The van der Waals surface area contributed by atoms with E-state index in [1.165, 1.54) is 0 Å². The smallest absolute Gasteiger partial charge is 0.306 e. The Morgan fingerprint density at radius 3 is 2.45 bits per heavy atom. The molecule has 40 heavy (non-hydrogen) atoms. The molecule has 0 N–H and O–H groups in total. The largest absolute Gasteiger partial charge is 0.461 e. The van der Waals surface area contributed by atoms with Crippen LogP contribution < -0.4 is 0 Å². The van der Waals surface area contributed by atoms with E-state index in [1.807, 2.05) is 43.4 Å². The Hall–Kier alpha value is -2.20. The van der Waals surface area contributed by atoms with E-state index >= 15 is 0 Å². The van der Waals surface area contributed by atoms with Gasteiger partial charge in [0.05, 0.1) is 48.9 Å². The average Bonchev–Trinajstić information content (AvgIpc) is 3.39. The van der Waals surface area contributed by atoms with Crippen LogP contribution in [0.5, 0.6) is 0 Å². The minimum Gasteiger partial charge on any atom is -0.461 e. The molecule has 0 unspecified atom stereocenters. The third kappa shape index (κ3) is 11.0. The van der Waals surface area contributed by atoms with Crippen LogP contribution in [0.3, 0.4) is 0 Å². The molecule has 220 valence electrons. The van der Waals surface area contributed by atoms with E-state index in [9.17, 15) is 9.59 Å². The van der Waals surface area contributed by atoms with Crippen molar-refractivity contribution in [3.63, 3.8) is 0 Å². The highest BCUT2D eigenvalue weighted by Crippen LogP contribution is 2.26. The number of hydrogen-bond acceptors (Lipinski definition) is 7. The van der Waals surface area contributed by atoms with Crippen molar-refractivity contribution in [1.29, 1.82) is 0 Å². The zero-order chi connectivity index (χ0) is 28.7. The molecule has 0 bridgehead atoms. The number of benzene rings is 2. The lowest BCUT2D eigenvalue weighted by atomic mass is 10.0. The van der Waals surface area contributed by atoms with E-state index in [0.29, 0.717) is 69.0 Å². The minimum atomic E-state index is -0.208. The van der Waals surface area contributed by atoms with Crippen LogP contribution in [0, 0.1) is 0 Å². The van der Waals surface area contributed by atoms with Crippen molar-refractivity contribution in [3.05, 3.63) is 69.7 Å². The molecule has 0 aromatic heterocycles. The van der Waals surface area contributed by atoms with Crippen molar-refractivity contribution < 1.29 is 28.5 Å². The fourth-order valence-corrected chi connectivity index (χ4v) is 4.90. The van der Waals surface area contributed by atoms with Crippen LogP contribution in [-0.2, 0) is 35.0 Å². The second-order valence-corrected chi connectivity index (χ2v) is 10.7. The number of nitrogens with zero attached hydrogens (tertiary/aromatic N) is 2. The number of likely N-dealkylation sites (tertiary alicyclic amines) is 1. The van der Waals surface area contributed by atoms with Crippen molar-refractivity contribution in [2.24, 2.45) is 0 Å². The molecule has 1 amide bonds. The van der Waals surface area contributed by atoms with Gasteiger partial charge >= 0.3 is 5.97 Å². The van der Waals surface area contributed by atoms with Crippen LogP contribution in [-0.4, -0.2) is 94.6 Å². The highest BCUT2D eigenvalue weighted by atomic mass is 35.5. The lowest BCUT2D eigenvalue weighted by Crippen LogP contribution is -2.39. The molecule has 1 heterocycles. The third-order valence-electron chi connectivity index (χ3n) is 6.82. The third-order valence-corrected chi connectivity index (χ3v) is 7.56. The maximum atomic E-state index is 13.3. The van der Waals surface area contributed by atoms with Gasteiger partial charge in [-0.2, -0.15) is 0 Å².